The number of carbonyl (C=O) groups is 2. The summed E-state index contributed by atoms with van der Waals surface area (Å²) >= 11 is 12.4. The summed E-state index contributed by atoms with van der Waals surface area (Å²) in [6.07, 6.45) is 0.684. The van der Waals surface area contributed by atoms with E-state index in [0.717, 1.165) is 4.31 Å². The molecule has 208 valence electrons. The Labute approximate surface area is 238 Å². The van der Waals surface area contributed by atoms with Gasteiger partial charge in [-0.2, -0.15) is 0 Å². The van der Waals surface area contributed by atoms with E-state index < -0.39 is 40.2 Å². The van der Waals surface area contributed by atoms with Crippen molar-refractivity contribution in [2.45, 2.75) is 50.7 Å². The van der Waals surface area contributed by atoms with E-state index >= 15 is 0 Å². The minimum absolute atomic E-state index is 0.0402. The van der Waals surface area contributed by atoms with Crippen molar-refractivity contribution in [3.63, 3.8) is 0 Å². The molecule has 2 unspecified atom stereocenters. The topological polar surface area (TPSA) is 86.8 Å². The van der Waals surface area contributed by atoms with Crippen LogP contribution in [0.5, 0.6) is 0 Å². The molecule has 0 aromatic heterocycles. The van der Waals surface area contributed by atoms with Crippen molar-refractivity contribution in [2.24, 2.45) is 0 Å². The molecule has 3 rings (SSSR count). The number of hydrogen-bond donors (Lipinski definition) is 1. The number of nitrogens with zero attached hydrogens (tertiary/aromatic N) is 2. The van der Waals surface area contributed by atoms with E-state index in [0.29, 0.717) is 12.0 Å². The number of nitrogens with one attached hydrogen (secondary N) is 1. The van der Waals surface area contributed by atoms with E-state index in [-0.39, 0.29) is 33.2 Å². The molecular weight excluding hydrogens is 564 g/mol. The SMILES string of the molecule is CCC(C)NC(=O)C(C)N(Cc1ccc(F)cc1)C(=O)CN(c1cc(Cl)cc(Cl)c1)S(=O)(=O)c1ccccc1. The molecule has 0 radical (unpaired) electrons. The Kier molecular flexibility index (Phi) is 10.4. The summed E-state index contributed by atoms with van der Waals surface area (Å²) in [6, 6.07) is 16.3. The molecule has 0 aliphatic carbocycles. The number of anilines is 1. The average Bonchev–Trinajstić information content (AvgIpc) is 2.90. The first-order valence-electron chi connectivity index (χ1n) is 12.3. The molecule has 1 N–H and O–H groups in total. The van der Waals surface area contributed by atoms with Crippen LogP contribution in [-0.2, 0) is 26.2 Å². The molecule has 0 saturated heterocycles. The van der Waals surface area contributed by atoms with Crippen molar-refractivity contribution in [3.05, 3.63) is 94.2 Å². The van der Waals surface area contributed by atoms with Gasteiger partial charge in [0.05, 0.1) is 10.6 Å². The van der Waals surface area contributed by atoms with Gasteiger partial charge in [0.15, 0.2) is 0 Å². The molecule has 0 saturated carbocycles. The summed E-state index contributed by atoms with van der Waals surface area (Å²) < 4.78 is 41.9. The lowest BCUT2D eigenvalue weighted by atomic mass is 10.1. The predicted molar refractivity (Wildman–Crippen MR) is 152 cm³/mol. The first-order valence-corrected chi connectivity index (χ1v) is 14.5. The van der Waals surface area contributed by atoms with Crippen molar-refractivity contribution in [2.75, 3.05) is 10.8 Å². The van der Waals surface area contributed by atoms with Gasteiger partial charge in [0.25, 0.3) is 10.0 Å². The Hall–Kier alpha value is -3.14. The fourth-order valence-electron chi connectivity index (χ4n) is 3.77. The van der Waals surface area contributed by atoms with Crippen LogP contribution in [0.2, 0.25) is 10.0 Å². The van der Waals surface area contributed by atoms with Crippen molar-refractivity contribution in [3.8, 4) is 0 Å². The summed E-state index contributed by atoms with van der Waals surface area (Å²) in [5, 5.41) is 3.22. The van der Waals surface area contributed by atoms with Gasteiger partial charge < -0.3 is 10.2 Å². The van der Waals surface area contributed by atoms with Crippen LogP contribution in [0.3, 0.4) is 0 Å². The summed E-state index contributed by atoms with van der Waals surface area (Å²) in [4.78, 5) is 28.1. The van der Waals surface area contributed by atoms with E-state index in [1.54, 1.807) is 25.1 Å². The predicted octanol–water partition coefficient (Wildman–Crippen LogP) is 5.66. The zero-order valence-corrected chi connectivity index (χ0v) is 24.1. The number of amides is 2. The van der Waals surface area contributed by atoms with Crippen molar-refractivity contribution in [1.29, 1.82) is 0 Å². The van der Waals surface area contributed by atoms with E-state index in [1.165, 1.54) is 59.5 Å². The highest BCUT2D eigenvalue weighted by atomic mass is 35.5. The standard InChI is InChI=1S/C28H30Cl2FN3O4S/c1-4-19(2)32-28(36)20(3)33(17-21-10-12-24(31)13-11-21)27(35)18-34(25-15-22(29)14-23(30)16-25)39(37,38)26-8-6-5-7-9-26/h5-16,19-20H,4,17-18H2,1-3H3,(H,32,36). The molecule has 0 aliphatic heterocycles. The maximum Gasteiger partial charge on any atom is 0.264 e. The van der Waals surface area contributed by atoms with E-state index in [1.807, 2.05) is 13.8 Å². The molecule has 39 heavy (non-hydrogen) atoms. The van der Waals surface area contributed by atoms with Crippen LogP contribution >= 0.6 is 23.2 Å². The van der Waals surface area contributed by atoms with Gasteiger partial charge in [-0.3, -0.25) is 13.9 Å². The van der Waals surface area contributed by atoms with Gasteiger partial charge >= 0.3 is 0 Å². The van der Waals surface area contributed by atoms with E-state index in [9.17, 15) is 22.4 Å². The third-order valence-corrected chi connectivity index (χ3v) is 8.40. The van der Waals surface area contributed by atoms with Crippen LogP contribution in [0.4, 0.5) is 10.1 Å². The molecule has 0 bridgehead atoms. The first-order chi connectivity index (χ1) is 18.4. The third kappa shape index (κ3) is 7.94. The minimum atomic E-state index is -4.25. The zero-order valence-electron chi connectivity index (χ0n) is 21.8. The second-order valence-electron chi connectivity index (χ2n) is 9.09. The Morgan fingerprint density at radius 2 is 1.54 bits per heavy atom. The molecule has 2 atom stereocenters. The number of sulfonamides is 1. The van der Waals surface area contributed by atoms with Crippen LogP contribution in [0.15, 0.2) is 77.7 Å². The van der Waals surface area contributed by atoms with Crippen LogP contribution in [0.25, 0.3) is 0 Å². The minimum Gasteiger partial charge on any atom is -0.352 e. The molecule has 7 nitrogen and oxygen atoms in total. The fraction of sp³-hybridized carbons (Fsp3) is 0.286. The summed E-state index contributed by atoms with van der Waals surface area (Å²) in [5.74, 6) is -1.50. The Morgan fingerprint density at radius 3 is 2.10 bits per heavy atom. The Balaban J connectivity index is 2.04. The second-order valence-corrected chi connectivity index (χ2v) is 11.8. The highest BCUT2D eigenvalue weighted by molar-refractivity contribution is 7.92. The molecule has 11 heteroatoms. The Bertz CT molecular complexity index is 1390. The summed E-state index contributed by atoms with van der Waals surface area (Å²) in [5.41, 5.74) is 0.652. The lowest BCUT2D eigenvalue weighted by Crippen LogP contribution is -2.52. The molecule has 3 aromatic rings. The average molecular weight is 595 g/mol. The van der Waals surface area contributed by atoms with E-state index in [4.69, 9.17) is 23.2 Å². The van der Waals surface area contributed by atoms with Crippen LogP contribution in [0.1, 0.15) is 32.8 Å². The molecule has 0 fully saturated rings. The van der Waals surface area contributed by atoms with Gasteiger partial charge in [-0.05, 0) is 68.3 Å². The van der Waals surface area contributed by atoms with Gasteiger partial charge in [-0.25, -0.2) is 12.8 Å². The number of carbonyl (C=O) groups excluding carboxylic acids is 2. The van der Waals surface area contributed by atoms with Crippen molar-refractivity contribution < 1.29 is 22.4 Å². The maximum absolute atomic E-state index is 13.8. The normalized spacial score (nSPS) is 12.9. The van der Waals surface area contributed by atoms with Gasteiger partial charge in [0.1, 0.15) is 18.4 Å². The highest BCUT2D eigenvalue weighted by Crippen LogP contribution is 2.30. The third-order valence-electron chi connectivity index (χ3n) is 6.18. The van der Waals surface area contributed by atoms with Crippen molar-refractivity contribution in [1.82, 2.24) is 10.2 Å². The number of halogens is 3. The fourth-order valence-corrected chi connectivity index (χ4v) is 5.70. The molecule has 0 heterocycles. The van der Waals surface area contributed by atoms with Gasteiger partial charge in [-0.15, -0.1) is 0 Å². The lowest BCUT2D eigenvalue weighted by molar-refractivity contribution is -0.139. The molecule has 0 aliphatic rings. The second kappa shape index (κ2) is 13.3. The number of hydrogen-bond acceptors (Lipinski definition) is 4. The lowest BCUT2D eigenvalue weighted by Gasteiger charge is -2.32. The van der Waals surface area contributed by atoms with Gasteiger partial charge in [0, 0.05) is 22.6 Å². The van der Waals surface area contributed by atoms with Crippen LogP contribution in [0, 0.1) is 5.82 Å². The van der Waals surface area contributed by atoms with E-state index in [2.05, 4.69) is 5.32 Å². The number of rotatable bonds is 11. The van der Waals surface area contributed by atoms with Gasteiger partial charge in [-0.1, -0.05) is 60.5 Å². The Morgan fingerprint density at radius 1 is 0.949 bits per heavy atom. The van der Waals surface area contributed by atoms with Gasteiger partial charge in [0.2, 0.25) is 11.8 Å². The monoisotopic (exact) mass is 593 g/mol. The van der Waals surface area contributed by atoms with Crippen LogP contribution in [-0.4, -0.2) is 43.8 Å². The zero-order chi connectivity index (χ0) is 28.7. The molecule has 2 amide bonds. The highest BCUT2D eigenvalue weighted by Gasteiger charge is 2.33. The molecule has 0 spiro atoms. The molecular formula is C28H30Cl2FN3O4S. The maximum atomic E-state index is 13.8. The first kappa shape index (κ1) is 30.4. The quantitative estimate of drug-likeness (QED) is 0.311. The summed E-state index contributed by atoms with van der Waals surface area (Å²) in [7, 11) is -4.25. The summed E-state index contributed by atoms with van der Waals surface area (Å²) in [6.45, 7) is 4.62. The largest absolute Gasteiger partial charge is 0.352 e. The molecule has 3 aromatic carbocycles. The van der Waals surface area contributed by atoms with Crippen molar-refractivity contribution >= 4 is 50.7 Å². The van der Waals surface area contributed by atoms with Crippen LogP contribution < -0.4 is 9.62 Å². The number of benzene rings is 3. The smallest absolute Gasteiger partial charge is 0.264 e.